The average molecular weight is 255 g/mol. The number of ether oxygens (including phenoxy) is 3. The van der Waals surface area contributed by atoms with Gasteiger partial charge in [-0.15, -0.1) is 0 Å². The molecule has 0 unspecified atom stereocenters. The molecule has 3 nitrogen and oxygen atoms in total. The molecular formula is C9H19BrO3. The summed E-state index contributed by atoms with van der Waals surface area (Å²) in [5.74, 6) is 0. The molecular weight excluding hydrogens is 236 g/mol. The maximum absolute atomic E-state index is 5.30. The van der Waals surface area contributed by atoms with Gasteiger partial charge in [-0.1, -0.05) is 15.9 Å². The van der Waals surface area contributed by atoms with E-state index in [-0.39, 0.29) is 0 Å². The monoisotopic (exact) mass is 254 g/mol. The van der Waals surface area contributed by atoms with Gasteiger partial charge in [0.05, 0.1) is 13.2 Å². The van der Waals surface area contributed by atoms with Gasteiger partial charge in [-0.05, 0) is 12.8 Å². The molecule has 0 bridgehead atoms. The Morgan fingerprint density at radius 2 is 1.46 bits per heavy atom. The molecule has 4 heteroatoms. The molecule has 0 aliphatic rings. The van der Waals surface area contributed by atoms with Gasteiger partial charge >= 0.3 is 0 Å². The zero-order valence-corrected chi connectivity index (χ0v) is 9.85. The second kappa shape index (κ2) is 12.4. The Labute approximate surface area is 88.9 Å². The molecule has 0 aromatic carbocycles. The maximum atomic E-state index is 5.30. The Kier molecular flexibility index (Phi) is 12.7. The van der Waals surface area contributed by atoms with E-state index >= 15 is 0 Å². The third-order valence-corrected chi connectivity index (χ3v) is 1.99. The summed E-state index contributed by atoms with van der Waals surface area (Å²) >= 11 is 3.34. The summed E-state index contributed by atoms with van der Waals surface area (Å²) < 4.78 is 15.5. The van der Waals surface area contributed by atoms with Crippen molar-refractivity contribution in [2.45, 2.75) is 12.8 Å². The van der Waals surface area contributed by atoms with Gasteiger partial charge in [0, 0.05) is 32.3 Å². The molecule has 0 fully saturated rings. The first kappa shape index (κ1) is 13.4. The standard InChI is InChI=1S/C9H19BrO3/c1-11-5-3-7-13-9-8-12-6-2-4-10/h2-9H2,1H3. The van der Waals surface area contributed by atoms with Crippen LogP contribution in [0.4, 0.5) is 0 Å². The zero-order valence-electron chi connectivity index (χ0n) is 8.26. The fraction of sp³-hybridized carbons (Fsp3) is 1.00. The third-order valence-electron chi connectivity index (χ3n) is 1.43. The van der Waals surface area contributed by atoms with Gasteiger partial charge in [-0.25, -0.2) is 0 Å². The van der Waals surface area contributed by atoms with Gasteiger partial charge in [0.25, 0.3) is 0 Å². The van der Waals surface area contributed by atoms with Crippen LogP contribution in [0.3, 0.4) is 0 Å². The first-order valence-electron chi connectivity index (χ1n) is 4.62. The predicted octanol–water partition coefficient (Wildman–Crippen LogP) is 1.84. The van der Waals surface area contributed by atoms with Crippen LogP contribution in [-0.4, -0.2) is 45.5 Å². The lowest BCUT2D eigenvalue weighted by Gasteiger charge is -2.04. The van der Waals surface area contributed by atoms with Gasteiger partial charge in [-0.3, -0.25) is 0 Å². The van der Waals surface area contributed by atoms with Crippen molar-refractivity contribution in [3.8, 4) is 0 Å². The minimum atomic E-state index is 0.687. The van der Waals surface area contributed by atoms with Crippen LogP contribution in [-0.2, 0) is 14.2 Å². The van der Waals surface area contributed by atoms with Gasteiger partial charge in [0.15, 0.2) is 0 Å². The van der Waals surface area contributed by atoms with Crippen LogP contribution in [0.5, 0.6) is 0 Å². The lowest BCUT2D eigenvalue weighted by Crippen LogP contribution is -2.07. The van der Waals surface area contributed by atoms with Crippen LogP contribution in [0.15, 0.2) is 0 Å². The van der Waals surface area contributed by atoms with Crippen molar-refractivity contribution >= 4 is 15.9 Å². The largest absolute Gasteiger partial charge is 0.385 e. The molecule has 80 valence electrons. The normalized spacial score (nSPS) is 10.6. The summed E-state index contributed by atoms with van der Waals surface area (Å²) in [4.78, 5) is 0. The molecule has 0 aromatic heterocycles. The van der Waals surface area contributed by atoms with Crippen molar-refractivity contribution in [1.82, 2.24) is 0 Å². The lowest BCUT2D eigenvalue weighted by molar-refractivity contribution is 0.0404. The van der Waals surface area contributed by atoms with E-state index in [1.807, 2.05) is 0 Å². The van der Waals surface area contributed by atoms with E-state index < -0.39 is 0 Å². The van der Waals surface area contributed by atoms with Gasteiger partial charge in [0.2, 0.25) is 0 Å². The quantitative estimate of drug-likeness (QED) is 0.440. The first-order valence-corrected chi connectivity index (χ1v) is 5.74. The zero-order chi connectivity index (χ0) is 9.78. The molecule has 0 amide bonds. The molecule has 0 saturated heterocycles. The second-order valence-corrected chi connectivity index (χ2v) is 3.41. The van der Waals surface area contributed by atoms with Crippen LogP contribution in [0.1, 0.15) is 12.8 Å². The van der Waals surface area contributed by atoms with Crippen molar-refractivity contribution in [3.63, 3.8) is 0 Å². The Morgan fingerprint density at radius 1 is 0.846 bits per heavy atom. The van der Waals surface area contributed by atoms with Crippen LogP contribution in [0.2, 0.25) is 0 Å². The van der Waals surface area contributed by atoms with Crippen molar-refractivity contribution in [3.05, 3.63) is 0 Å². The lowest BCUT2D eigenvalue weighted by atomic mass is 10.5. The SMILES string of the molecule is COCCCOCCOCCCBr. The molecule has 0 atom stereocenters. The number of halogens is 1. The van der Waals surface area contributed by atoms with Gasteiger partial charge in [0.1, 0.15) is 0 Å². The number of alkyl halides is 1. The molecule has 0 N–H and O–H groups in total. The smallest absolute Gasteiger partial charge is 0.0700 e. The van der Waals surface area contributed by atoms with Gasteiger partial charge in [-0.2, -0.15) is 0 Å². The Morgan fingerprint density at radius 3 is 2.00 bits per heavy atom. The summed E-state index contributed by atoms with van der Waals surface area (Å²) in [6.07, 6.45) is 2.02. The van der Waals surface area contributed by atoms with Crippen LogP contribution < -0.4 is 0 Å². The third kappa shape index (κ3) is 12.4. The highest BCUT2D eigenvalue weighted by molar-refractivity contribution is 9.09. The van der Waals surface area contributed by atoms with E-state index in [1.165, 1.54) is 0 Å². The highest BCUT2D eigenvalue weighted by atomic mass is 79.9. The maximum Gasteiger partial charge on any atom is 0.0700 e. The van der Waals surface area contributed by atoms with E-state index in [2.05, 4.69) is 15.9 Å². The summed E-state index contributed by atoms with van der Waals surface area (Å²) in [6, 6.07) is 0. The molecule has 0 radical (unpaired) electrons. The fourth-order valence-electron chi connectivity index (χ4n) is 0.784. The highest BCUT2D eigenvalue weighted by Crippen LogP contribution is 1.89. The Bertz CT molecular complexity index is 80.9. The molecule has 0 aliphatic carbocycles. The summed E-state index contributed by atoms with van der Waals surface area (Å²) in [6.45, 7) is 3.72. The molecule has 0 spiro atoms. The topological polar surface area (TPSA) is 27.7 Å². The van der Waals surface area contributed by atoms with Crippen LogP contribution >= 0.6 is 15.9 Å². The molecule has 0 aliphatic heterocycles. The number of rotatable bonds is 10. The number of methoxy groups -OCH3 is 1. The van der Waals surface area contributed by atoms with E-state index in [1.54, 1.807) is 7.11 Å². The summed E-state index contributed by atoms with van der Waals surface area (Å²) in [5.41, 5.74) is 0. The van der Waals surface area contributed by atoms with Crippen molar-refractivity contribution in [1.29, 1.82) is 0 Å². The molecule has 0 heterocycles. The Hall–Kier alpha value is 0.360. The number of hydrogen-bond donors (Lipinski definition) is 0. The van der Waals surface area contributed by atoms with Crippen molar-refractivity contribution in [2.24, 2.45) is 0 Å². The highest BCUT2D eigenvalue weighted by Gasteiger charge is 1.90. The first-order chi connectivity index (χ1) is 6.41. The predicted molar refractivity (Wildman–Crippen MR) is 56.5 cm³/mol. The molecule has 0 saturated carbocycles. The van der Waals surface area contributed by atoms with E-state index in [4.69, 9.17) is 14.2 Å². The fourth-order valence-corrected chi connectivity index (χ4v) is 1.01. The number of hydrogen-bond acceptors (Lipinski definition) is 3. The van der Waals surface area contributed by atoms with Crippen molar-refractivity contribution in [2.75, 3.05) is 45.5 Å². The summed E-state index contributed by atoms with van der Waals surface area (Å²) in [7, 11) is 1.70. The Balaban J connectivity index is 2.76. The summed E-state index contributed by atoms with van der Waals surface area (Å²) in [5, 5.41) is 1.00. The second-order valence-electron chi connectivity index (χ2n) is 2.61. The van der Waals surface area contributed by atoms with Crippen LogP contribution in [0, 0.1) is 0 Å². The average Bonchev–Trinajstić information content (AvgIpc) is 2.16. The van der Waals surface area contributed by atoms with E-state index in [0.717, 1.165) is 38.0 Å². The van der Waals surface area contributed by atoms with E-state index in [9.17, 15) is 0 Å². The van der Waals surface area contributed by atoms with Gasteiger partial charge < -0.3 is 14.2 Å². The molecule has 13 heavy (non-hydrogen) atoms. The molecule has 0 aromatic rings. The minimum Gasteiger partial charge on any atom is -0.385 e. The molecule has 0 rings (SSSR count). The minimum absolute atomic E-state index is 0.687. The van der Waals surface area contributed by atoms with Crippen molar-refractivity contribution < 1.29 is 14.2 Å². The van der Waals surface area contributed by atoms with Crippen LogP contribution in [0.25, 0.3) is 0 Å². The van der Waals surface area contributed by atoms with E-state index in [0.29, 0.717) is 13.2 Å².